The molecule has 2 aromatic rings. The summed E-state index contributed by atoms with van der Waals surface area (Å²) in [6.07, 6.45) is 1.47. The SMILES string of the molecule is COc1ccc(CNC(=O)/C(C#N)=C\c2ccc(O)c(Br)c2)cc1. The molecule has 0 atom stereocenters. The van der Waals surface area contributed by atoms with Gasteiger partial charge in [0.1, 0.15) is 23.1 Å². The van der Waals surface area contributed by atoms with E-state index in [0.717, 1.165) is 11.3 Å². The van der Waals surface area contributed by atoms with Crippen LogP contribution in [-0.4, -0.2) is 18.1 Å². The quantitative estimate of drug-likeness (QED) is 0.609. The molecule has 0 aromatic heterocycles. The van der Waals surface area contributed by atoms with Crippen LogP contribution in [0.25, 0.3) is 6.08 Å². The second-order valence-corrected chi connectivity index (χ2v) is 5.77. The molecule has 122 valence electrons. The second kappa shape index (κ2) is 8.18. The predicted molar refractivity (Wildman–Crippen MR) is 94.2 cm³/mol. The lowest BCUT2D eigenvalue weighted by molar-refractivity contribution is -0.117. The molecule has 0 saturated heterocycles. The topological polar surface area (TPSA) is 82.3 Å². The van der Waals surface area contributed by atoms with Crippen LogP contribution in [0.1, 0.15) is 11.1 Å². The Balaban J connectivity index is 2.06. The fourth-order valence-corrected chi connectivity index (χ4v) is 2.35. The molecule has 0 saturated carbocycles. The van der Waals surface area contributed by atoms with Crippen LogP contribution in [-0.2, 0) is 11.3 Å². The molecule has 24 heavy (non-hydrogen) atoms. The fourth-order valence-electron chi connectivity index (χ4n) is 1.95. The molecule has 2 rings (SSSR count). The molecule has 1 amide bonds. The summed E-state index contributed by atoms with van der Waals surface area (Å²) in [6.45, 7) is 0.307. The summed E-state index contributed by atoms with van der Waals surface area (Å²) < 4.78 is 5.57. The minimum absolute atomic E-state index is 0.0129. The lowest BCUT2D eigenvalue weighted by Crippen LogP contribution is -2.23. The number of phenols is 1. The molecular formula is C18H15BrN2O3. The number of nitriles is 1. The van der Waals surface area contributed by atoms with Gasteiger partial charge >= 0.3 is 0 Å². The van der Waals surface area contributed by atoms with E-state index in [-0.39, 0.29) is 11.3 Å². The molecule has 0 spiro atoms. The standard InChI is InChI=1S/C18H15BrN2O3/c1-24-15-5-2-12(3-6-15)11-21-18(23)14(10-20)8-13-4-7-17(22)16(19)9-13/h2-9,22H,11H2,1H3,(H,21,23)/b14-8-. The molecule has 0 fully saturated rings. The zero-order chi connectivity index (χ0) is 17.5. The number of benzene rings is 2. The molecule has 0 radical (unpaired) electrons. The maximum atomic E-state index is 12.1. The fraction of sp³-hybridized carbons (Fsp3) is 0.111. The average molecular weight is 387 g/mol. The third-order valence-electron chi connectivity index (χ3n) is 3.26. The molecule has 5 nitrogen and oxygen atoms in total. The summed E-state index contributed by atoms with van der Waals surface area (Å²) in [4.78, 5) is 12.1. The Bertz CT molecular complexity index is 808. The third-order valence-corrected chi connectivity index (χ3v) is 3.90. The largest absolute Gasteiger partial charge is 0.507 e. The van der Waals surface area contributed by atoms with Crippen molar-refractivity contribution < 1.29 is 14.6 Å². The number of carbonyl (C=O) groups excluding carboxylic acids is 1. The van der Waals surface area contributed by atoms with E-state index < -0.39 is 5.91 Å². The van der Waals surface area contributed by atoms with Gasteiger partial charge in [0.05, 0.1) is 11.6 Å². The van der Waals surface area contributed by atoms with Crippen molar-refractivity contribution in [3.8, 4) is 17.6 Å². The number of nitrogens with one attached hydrogen (secondary N) is 1. The Kier molecular flexibility index (Phi) is 5.99. The van der Waals surface area contributed by atoms with E-state index in [1.54, 1.807) is 31.4 Å². The minimum Gasteiger partial charge on any atom is -0.507 e. The summed E-state index contributed by atoms with van der Waals surface area (Å²) in [5.74, 6) is 0.368. The van der Waals surface area contributed by atoms with Crippen LogP contribution in [0.3, 0.4) is 0 Å². The van der Waals surface area contributed by atoms with E-state index in [0.29, 0.717) is 16.6 Å². The van der Waals surface area contributed by atoms with Crippen LogP contribution in [0.5, 0.6) is 11.5 Å². The highest BCUT2D eigenvalue weighted by molar-refractivity contribution is 9.10. The smallest absolute Gasteiger partial charge is 0.262 e. The Morgan fingerprint density at radius 1 is 1.33 bits per heavy atom. The lowest BCUT2D eigenvalue weighted by Gasteiger charge is -2.06. The minimum atomic E-state index is -0.461. The number of carbonyl (C=O) groups is 1. The van der Waals surface area contributed by atoms with Crippen LogP contribution in [0.4, 0.5) is 0 Å². The van der Waals surface area contributed by atoms with Crippen molar-refractivity contribution in [2.75, 3.05) is 7.11 Å². The number of phenolic OH excluding ortho intramolecular Hbond substituents is 1. The monoisotopic (exact) mass is 386 g/mol. The maximum absolute atomic E-state index is 12.1. The molecule has 6 heteroatoms. The van der Waals surface area contributed by atoms with E-state index in [1.165, 1.54) is 12.1 Å². The number of amides is 1. The van der Waals surface area contributed by atoms with Crippen molar-refractivity contribution in [2.24, 2.45) is 0 Å². The van der Waals surface area contributed by atoms with Gasteiger partial charge in [-0.2, -0.15) is 5.26 Å². The Morgan fingerprint density at radius 2 is 2.04 bits per heavy atom. The van der Waals surface area contributed by atoms with Crippen LogP contribution in [0.15, 0.2) is 52.5 Å². The van der Waals surface area contributed by atoms with Gasteiger partial charge in [0.2, 0.25) is 0 Å². The third kappa shape index (κ3) is 4.61. The van der Waals surface area contributed by atoms with Crippen LogP contribution in [0.2, 0.25) is 0 Å². The Labute approximate surface area is 148 Å². The van der Waals surface area contributed by atoms with Crippen LogP contribution in [0, 0.1) is 11.3 Å². The highest BCUT2D eigenvalue weighted by atomic mass is 79.9. The van der Waals surface area contributed by atoms with Crippen molar-refractivity contribution in [3.63, 3.8) is 0 Å². The van der Waals surface area contributed by atoms with E-state index in [9.17, 15) is 15.2 Å². The van der Waals surface area contributed by atoms with Gasteiger partial charge in [-0.3, -0.25) is 4.79 Å². The molecule has 0 aliphatic heterocycles. The number of halogens is 1. The van der Waals surface area contributed by atoms with Crippen molar-refractivity contribution in [1.29, 1.82) is 5.26 Å². The highest BCUT2D eigenvalue weighted by Crippen LogP contribution is 2.25. The van der Waals surface area contributed by atoms with Crippen molar-refractivity contribution >= 4 is 27.9 Å². The molecule has 0 unspecified atom stereocenters. The van der Waals surface area contributed by atoms with Gasteiger partial charge in [-0.25, -0.2) is 0 Å². The van der Waals surface area contributed by atoms with Gasteiger partial charge in [0.25, 0.3) is 5.91 Å². The summed E-state index contributed by atoms with van der Waals surface area (Å²) in [7, 11) is 1.59. The Morgan fingerprint density at radius 3 is 2.62 bits per heavy atom. The first-order valence-corrected chi connectivity index (χ1v) is 7.84. The summed E-state index contributed by atoms with van der Waals surface area (Å²) in [6, 6.07) is 13.9. The first kappa shape index (κ1) is 17.6. The molecule has 0 aliphatic carbocycles. The van der Waals surface area contributed by atoms with Gasteiger partial charge in [-0.15, -0.1) is 0 Å². The maximum Gasteiger partial charge on any atom is 0.262 e. The molecule has 0 bridgehead atoms. The number of hydrogen-bond donors (Lipinski definition) is 2. The lowest BCUT2D eigenvalue weighted by atomic mass is 10.1. The number of ether oxygens (including phenoxy) is 1. The molecular weight excluding hydrogens is 372 g/mol. The van der Waals surface area contributed by atoms with Crippen molar-refractivity contribution in [2.45, 2.75) is 6.54 Å². The average Bonchev–Trinajstić information content (AvgIpc) is 2.61. The van der Waals surface area contributed by atoms with Gasteiger partial charge in [0, 0.05) is 6.54 Å². The van der Waals surface area contributed by atoms with Gasteiger partial charge in [-0.1, -0.05) is 18.2 Å². The normalized spacial score (nSPS) is 10.8. The van der Waals surface area contributed by atoms with E-state index >= 15 is 0 Å². The Hall–Kier alpha value is -2.78. The van der Waals surface area contributed by atoms with E-state index in [2.05, 4.69) is 21.2 Å². The van der Waals surface area contributed by atoms with Gasteiger partial charge in [0.15, 0.2) is 0 Å². The number of hydrogen-bond acceptors (Lipinski definition) is 4. The van der Waals surface area contributed by atoms with Crippen molar-refractivity contribution in [3.05, 3.63) is 63.6 Å². The zero-order valence-electron chi connectivity index (χ0n) is 12.9. The number of aromatic hydroxyl groups is 1. The molecule has 2 aromatic carbocycles. The summed E-state index contributed by atoms with van der Waals surface area (Å²) in [5.41, 5.74) is 1.52. The second-order valence-electron chi connectivity index (χ2n) is 4.91. The van der Waals surface area contributed by atoms with Gasteiger partial charge < -0.3 is 15.2 Å². The van der Waals surface area contributed by atoms with Crippen LogP contribution >= 0.6 is 15.9 Å². The highest BCUT2D eigenvalue weighted by Gasteiger charge is 2.09. The molecule has 2 N–H and O–H groups in total. The van der Waals surface area contributed by atoms with E-state index in [4.69, 9.17) is 4.74 Å². The number of rotatable bonds is 5. The summed E-state index contributed by atoms with van der Waals surface area (Å²) >= 11 is 3.20. The molecule has 0 aliphatic rings. The van der Waals surface area contributed by atoms with E-state index in [1.807, 2.05) is 18.2 Å². The first-order chi connectivity index (χ1) is 11.5. The number of nitrogens with zero attached hydrogens (tertiary/aromatic N) is 1. The van der Waals surface area contributed by atoms with Gasteiger partial charge in [-0.05, 0) is 57.4 Å². The predicted octanol–water partition coefficient (Wildman–Crippen LogP) is 3.39. The number of methoxy groups -OCH3 is 1. The first-order valence-electron chi connectivity index (χ1n) is 7.05. The van der Waals surface area contributed by atoms with Crippen LogP contribution < -0.4 is 10.1 Å². The van der Waals surface area contributed by atoms with Crippen molar-refractivity contribution in [1.82, 2.24) is 5.32 Å². The zero-order valence-corrected chi connectivity index (χ0v) is 14.5. The summed E-state index contributed by atoms with van der Waals surface area (Å²) in [5, 5.41) is 21.4. The molecule has 0 heterocycles.